The first kappa shape index (κ1) is 24.2. The van der Waals surface area contributed by atoms with Gasteiger partial charge in [-0.05, 0) is 55.2 Å². The average Bonchev–Trinajstić information content (AvgIpc) is 2.78. The van der Waals surface area contributed by atoms with Gasteiger partial charge in [-0.2, -0.15) is 4.31 Å². The number of nitrogens with zero attached hydrogens (tertiary/aromatic N) is 1. The molecule has 7 nitrogen and oxygen atoms in total. The molecular weight excluding hydrogens is 450 g/mol. The van der Waals surface area contributed by atoms with E-state index in [1.165, 1.54) is 28.6 Å². The van der Waals surface area contributed by atoms with E-state index in [0.717, 1.165) is 0 Å². The second-order valence-electron chi connectivity index (χ2n) is 8.29. The maximum Gasteiger partial charge on any atom is 0.253 e. The van der Waals surface area contributed by atoms with Crippen LogP contribution in [-0.2, 0) is 14.8 Å². The van der Waals surface area contributed by atoms with Gasteiger partial charge in [0.15, 0.2) is 0 Å². The monoisotopic (exact) mass is 477 g/mol. The van der Waals surface area contributed by atoms with Crippen molar-refractivity contribution in [2.24, 2.45) is 11.8 Å². The van der Waals surface area contributed by atoms with E-state index in [1.807, 2.05) is 13.8 Å². The number of nitrogens with one attached hydrogen (secondary N) is 2. The molecule has 1 heterocycles. The topological polar surface area (TPSA) is 95.6 Å². The van der Waals surface area contributed by atoms with E-state index in [1.54, 1.807) is 24.3 Å². The number of para-hydroxylation sites is 1. The van der Waals surface area contributed by atoms with E-state index in [-0.39, 0.29) is 23.3 Å². The van der Waals surface area contributed by atoms with Crippen molar-refractivity contribution in [3.05, 3.63) is 59.1 Å². The van der Waals surface area contributed by atoms with Crippen LogP contribution in [0, 0.1) is 11.8 Å². The van der Waals surface area contributed by atoms with Gasteiger partial charge in [0.05, 0.1) is 22.1 Å². The summed E-state index contributed by atoms with van der Waals surface area (Å²) in [6.07, 6.45) is 1.14. The summed E-state index contributed by atoms with van der Waals surface area (Å²) in [5.41, 5.74) is 0.791. The molecule has 1 aliphatic heterocycles. The summed E-state index contributed by atoms with van der Waals surface area (Å²) < 4.78 is 27.3. The van der Waals surface area contributed by atoms with E-state index in [9.17, 15) is 18.0 Å². The van der Waals surface area contributed by atoms with Gasteiger partial charge in [0.25, 0.3) is 5.91 Å². The number of carbonyl (C=O) groups excluding carboxylic acids is 2. The molecule has 2 N–H and O–H groups in total. The quantitative estimate of drug-likeness (QED) is 0.634. The van der Waals surface area contributed by atoms with Crippen molar-refractivity contribution in [3.8, 4) is 0 Å². The van der Waals surface area contributed by atoms with Crippen molar-refractivity contribution in [2.45, 2.75) is 31.6 Å². The first-order chi connectivity index (χ1) is 15.2. The molecule has 3 rings (SSSR count). The minimum Gasteiger partial charge on any atom is -0.352 e. The lowest BCUT2D eigenvalue weighted by Crippen LogP contribution is -2.43. The highest BCUT2D eigenvalue weighted by Crippen LogP contribution is 2.26. The third-order valence-electron chi connectivity index (χ3n) is 5.31. The zero-order chi connectivity index (χ0) is 23.3. The normalized spacial score (nSPS) is 17.2. The van der Waals surface area contributed by atoms with Gasteiger partial charge in [0.1, 0.15) is 0 Å². The molecule has 2 amide bonds. The number of carbonyl (C=O) groups is 2. The van der Waals surface area contributed by atoms with Gasteiger partial charge in [0.2, 0.25) is 15.9 Å². The van der Waals surface area contributed by atoms with Crippen LogP contribution in [0.5, 0.6) is 0 Å². The smallest absolute Gasteiger partial charge is 0.253 e. The largest absolute Gasteiger partial charge is 0.352 e. The summed E-state index contributed by atoms with van der Waals surface area (Å²) in [6, 6.07) is 12.8. The molecule has 1 atom stereocenters. The molecule has 2 aromatic rings. The molecule has 0 unspecified atom stereocenters. The Labute approximate surface area is 194 Å². The van der Waals surface area contributed by atoms with Gasteiger partial charge in [-0.15, -0.1) is 0 Å². The minimum absolute atomic E-state index is 0.0819. The average molecular weight is 478 g/mol. The van der Waals surface area contributed by atoms with Gasteiger partial charge in [-0.3, -0.25) is 9.59 Å². The lowest BCUT2D eigenvalue weighted by Gasteiger charge is -2.31. The Kier molecular flexibility index (Phi) is 7.92. The predicted molar refractivity (Wildman–Crippen MR) is 125 cm³/mol. The lowest BCUT2D eigenvalue weighted by atomic mass is 9.98. The molecule has 172 valence electrons. The third kappa shape index (κ3) is 5.88. The zero-order valence-corrected chi connectivity index (χ0v) is 19.7. The molecule has 1 fully saturated rings. The second-order valence-corrected chi connectivity index (χ2v) is 10.7. The number of anilines is 1. The molecule has 1 aliphatic rings. The molecule has 0 radical (unpaired) electrons. The van der Waals surface area contributed by atoms with Gasteiger partial charge in [-0.25, -0.2) is 8.42 Å². The van der Waals surface area contributed by atoms with E-state index >= 15 is 0 Å². The van der Waals surface area contributed by atoms with Crippen LogP contribution in [0.25, 0.3) is 0 Å². The van der Waals surface area contributed by atoms with Crippen molar-refractivity contribution in [1.29, 1.82) is 0 Å². The van der Waals surface area contributed by atoms with Crippen LogP contribution in [-0.4, -0.2) is 44.2 Å². The van der Waals surface area contributed by atoms with Crippen molar-refractivity contribution in [1.82, 2.24) is 9.62 Å². The minimum atomic E-state index is -3.72. The van der Waals surface area contributed by atoms with E-state index < -0.39 is 15.9 Å². The number of hydrogen-bond acceptors (Lipinski definition) is 4. The Balaban J connectivity index is 1.71. The standard InChI is InChI=1S/C23H28ClN3O4S/c1-16(2)14-25-23(29)20-7-3-4-8-21(20)26-22(28)17-6-5-13-27(15-17)32(30,31)19-11-9-18(24)10-12-19/h3-4,7-12,16-17H,5-6,13-15H2,1-2H3,(H,25,29)(H,26,28)/t17-/m0/s1. The summed E-state index contributed by atoms with van der Waals surface area (Å²) in [6.45, 7) is 4.96. The molecule has 32 heavy (non-hydrogen) atoms. The van der Waals surface area contributed by atoms with Crippen molar-refractivity contribution < 1.29 is 18.0 Å². The summed E-state index contributed by atoms with van der Waals surface area (Å²) in [5, 5.41) is 6.14. The fourth-order valence-electron chi connectivity index (χ4n) is 3.55. The van der Waals surface area contributed by atoms with Crippen molar-refractivity contribution >= 4 is 39.1 Å². The number of halogens is 1. The zero-order valence-electron chi connectivity index (χ0n) is 18.2. The molecule has 1 saturated heterocycles. The SMILES string of the molecule is CC(C)CNC(=O)c1ccccc1NC(=O)[C@H]1CCCN(S(=O)(=O)c2ccc(Cl)cc2)C1. The fourth-order valence-corrected chi connectivity index (χ4v) is 5.20. The van der Waals surface area contributed by atoms with E-state index in [4.69, 9.17) is 11.6 Å². The fraction of sp³-hybridized carbons (Fsp3) is 0.391. The maximum absolute atomic E-state index is 13.0. The molecule has 2 aromatic carbocycles. The first-order valence-electron chi connectivity index (χ1n) is 10.6. The maximum atomic E-state index is 13.0. The number of benzene rings is 2. The molecule has 9 heteroatoms. The molecule has 0 saturated carbocycles. The third-order valence-corrected chi connectivity index (χ3v) is 7.44. The lowest BCUT2D eigenvalue weighted by molar-refractivity contribution is -0.120. The van der Waals surface area contributed by atoms with Gasteiger partial charge in [-0.1, -0.05) is 37.6 Å². The van der Waals surface area contributed by atoms with Crippen LogP contribution in [0.4, 0.5) is 5.69 Å². The number of amides is 2. The molecule has 0 aliphatic carbocycles. The van der Waals surface area contributed by atoms with Gasteiger partial charge in [0, 0.05) is 24.7 Å². The Morgan fingerprint density at radius 1 is 1.12 bits per heavy atom. The Hall–Kier alpha value is -2.42. The Morgan fingerprint density at radius 3 is 2.50 bits per heavy atom. The molecule has 0 spiro atoms. The summed E-state index contributed by atoms with van der Waals surface area (Å²) >= 11 is 5.87. The van der Waals surface area contributed by atoms with Crippen LogP contribution in [0.2, 0.25) is 5.02 Å². The van der Waals surface area contributed by atoms with Crippen LogP contribution < -0.4 is 10.6 Å². The first-order valence-corrected chi connectivity index (χ1v) is 12.4. The van der Waals surface area contributed by atoms with Crippen molar-refractivity contribution in [2.75, 3.05) is 25.0 Å². The van der Waals surface area contributed by atoms with Crippen LogP contribution >= 0.6 is 11.6 Å². The highest BCUT2D eigenvalue weighted by atomic mass is 35.5. The summed E-state index contributed by atoms with van der Waals surface area (Å²) in [5.74, 6) is -0.774. The van der Waals surface area contributed by atoms with Crippen LogP contribution in [0.3, 0.4) is 0 Å². The van der Waals surface area contributed by atoms with Gasteiger partial charge >= 0.3 is 0 Å². The molecular formula is C23H28ClN3O4S. The van der Waals surface area contributed by atoms with Crippen LogP contribution in [0.15, 0.2) is 53.4 Å². The van der Waals surface area contributed by atoms with Crippen LogP contribution in [0.1, 0.15) is 37.0 Å². The highest BCUT2D eigenvalue weighted by molar-refractivity contribution is 7.89. The van der Waals surface area contributed by atoms with E-state index in [0.29, 0.717) is 48.1 Å². The Morgan fingerprint density at radius 2 is 1.81 bits per heavy atom. The second kappa shape index (κ2) is 10.5. The number of hydrogen-bond donors (Lipinski definition) is 2. The number of sulfonamides is 1. The molecule has 0 aromatic heterocycles. The Bertz CT molecular complexity index is 1070. The number of rotatable bonds is 7. The number of piperidine rings is 1. The summed E-state index contributed by atoms with van der Waals surface area (Å²) in [4.78, 5) is 25.7. The predicted octanol–water partition coefficient (Wildman–Crippen LogP) is 3.77. The highest BCUT2D eigenvalue weighted by Gasteiger charge is 2.33. The van der Waals surface area contributed by atoms with Gasteiger partial charge < -0.3 is 10.6 Å². The molecule has 0 bridgehead atoms. The van der Waals surface area contributed by atoms with Crippen molar-refractivity contribution in [3.63, 3.8) is 0 Å². The van der Waals surface area contributed by atoms with E-state index in [2.05, 4.69) is 10.6 Å². The summed E-state index contributed by atoms with van der Waals surface area (Å²) in [7, 11) is -3.72.